The largest absolute Gasteiger partial charge is 0.494 e. The number of amides is 1. The number of rotatable bonds is 6. The lowest BCUT2D eigenvalue weighted by Gasteiger charge is -2.08. The number of nitrogens with one attached hydrogen (secondary N) is 1. The van der Waals surface area contributed by atoms with E-state index in [0.29, 0.717) is 13.2 Å². The first kappa shape index (κ1) is 13.5. The first-order valence-electron chi connectivity index (χ1n) is 5.80. The molecule has 4 heteroatoms. The van der Waals surface area contributed by atoms with Crippen LogP contribution < -0.4 is 15.8 Å². The third-order valence-corrected chi connectivity index (χ3v) is 2.58. The van der Waals surface area contributed by atoms with Crippen molar-refractivity contribution in [2.24, 2.45) is 5.73 Å². The zero-order valence-electron chi connectivity index (χ0n) is 10.5. The molecule has 0 unspecified atom stereocenters. The van der Waals surface area contributed by atoms with Gasteiger partial charge in [0.15, 0.2) is 0 Å². The molecule has 0 saturated heterocycles. The van der Waals surface area contributed by atoms with E-state index in [1.54, 1.807) is 0 Å². The molecule has 17 heavy (non-hydrogen) atoms. The highest BCUT2D eigenvalue weighted by Crippen LogP contribution is 2.16. The average molecular weight is 236 g/mol. The van der Waals surface area contributed by atoms with Crippen LogP contribution in [0.4, 0.5) is 0 Å². The van der Waals surface area contributed by atoms with Gasteiger partial charge in [-0.15, -0.1) is 0 Å². The quantitative estimate of drug-likeness (QED) is 0.728. The highest BCUT2D eigenvalue weighted by Gasteiger charge is 1.98. The summed E-state index contributed by atoms with van der Waals surface area (Å²) in [5.41, 5.74) is 7.64. The van der Waals surface area contributed by atoms with Crippen molar-refractivity contribution in [2.45, 2.75) is 20.3 Å². The molecule has 1 aromatic carbocycles. The Kier molecular flexibility index (Phi) is 5.49. The number of aryl methyl sites for hydroxylation is 2. The maximum atomic E-state index is 10.9. The molecule has 0 aliphatic rings. The van der Waals surface area contributed by atoms with E-state index in [2.05, 4.69) is 19.2 Å². The van der Waals surface area contributed by atoms with E-state index in [1.807, 2.05) is 18.2 Å². The Labute approximate surface area is 102 Å². The first-order chi connectivity index (χ1) is 8.13. The number of benzene rings is 1. The summed E-state index contributed by atoms with van der Waals surface area (Å²) < 4.78 is 5.57. The fraction of sp³-hybridized carbons (Fsp3) is 0.462. The number of hydrogen-bond acceptors (Lipinski definition) is 3. The Morgan fingerprint density at radius 1 is 1.35 bits per heavy atom. The van der Waals surface area contributed by atoms with Gasteiger partial charge in [-0.2, -0.15) is 0 Å². The van der Waals surface area contributed by atoms with E-state index >= 15 is 0 Å². The van der Waals surface area contributed by atoms with Crippen LogP contribution in [0.3, 0.4) is 0 Å². The van der Waals surface area contributed by atoms with Gasteiger partial charge in [-0.05, 0) is 43.5 Å². The van der Waals surface area contributed by atoms with Gasteiger partial charge in [-0.3, -0.25) is 4.79 Å². The van der Waals surface area contributed by atoms with Gasteiger partial charge in [0.05, 0.1) is 13.2 Å². The summed E-state index contributed by atoms with van der Waals surface area (Å²) in [4.78, 5) is 10.9. The fourth-order valence-electron chi connectivity index (χ4n) is 1.37. The predicted molar refractivity (Wildman–Crippen MR) is 68.1 cm³/mol. The summed E-state index contributed by atoms with van der Waals surface area (Å²) in [5.74, 6) is 0.745. The normalized spacial score (nSPS) is 10.1. The second-order valence-corrected chi connectivity index (χ2v) is 4.00. The van der Waals surface area contributed by atoms with Gasteiger partial charge in [-0.25, -0.2) is 0 Å². The lowest BCUT2D eigenvalue weighted by atomic mass is 10.1. The number of hydrogen-bond donors (Lipinski definition) is 2. The monoisotopic (exact) mass is 236 g/mol. The molecule has 0 heterocycles. The Morgan fingerprint density at radius 3 is 2.76 bits per heavy atom. The molecule has 0 aliphatic carbocycles. The summed E-state index contributed by atoms with van der Waals surface area (Å²) in [7, 11) is 0. The smallest absolute Gasteiger partial charge is 0.233 e. The highest BCUT2D eigenvalue weighted by atomic mass is 16.5. The van der Waals surface area contributed by atoms with Gasteiger partial charge in [0, 0.05) is 6.54 Å². The third-order valence-electron chi connectivity index (χ3n) is 2.58. The van der Waals surface area contributed by atoms with Crippen molar-refractivity contribution >= 4 is 5.91 Å². The van der Waals surface area contributed by atoms with Crippen LogP contribution in [0.2, 0.25) is 0 Å². The minimum absolute atomic E-state index is 0.0397. The van der Waals surface area contributed by atoms with E-state index < -0.39 is 0 Å². The first-order valence-corrected chi connectivity index (χ1v) is 5.80. The Balaban J connectivity index is 2.22. The molecule has 1 amide bonds. The van der Waals surface area contributed by atoms with Crippen LogP contribution in [0.1, 0.15) is 17.5 Å². The molecule has 0 saturated carbocycles. The van der Waals surface area contributed by atoms with Crippen LogP contribution >= 0.6 is 0 Å². The molecule has 0 spiro atoms. The van der Waals surface area contributed by atoms with Gasteiger partial charge in [0.1, 0.15) is 5.75 Å². The zero-order chi connectivity index (χ0) is 12.7. The van der Waals surface area contributed by atoms with Crippen molar-refractivity contribution in [2.75, 3.05) is 19.7 Å². The third kappa shape index (κ3) is 4.87. The van der Waals surface area contributed by atoms with Crippen LogP contribution in [-0.2, 0) is 4.79 Å². The maximum Gasteiger partial charge on any atom is 0.233 e. The molecule has 0 bridgehead atoms. The fourth-order valence-corrected chi connectivity index (χ4v) is 1.37. The van der Waals surface area contributed by atoms with E-state index in [4.69, 9.17) is 10.5 Å². The van der Waals surface area contributed by atoms with E-state index in [9.17, 15) is 4.79 Å². The van der Waals surface area contributed by atoms with Crippen molar-refractivity contribution in [3.8, 4) is 5.75 Å². The second-order valence-electron chi connectivity index (χ2n) is 4.00. The molecule has 1 aromatic rings. The van der Waals surface area contributed by atoms with Crippen LogP contribution in [0.15, 0.2) is 18.2 Å². The Morgan fingerprint density at radius 2 is 2.12 bits per heavy atom. The molecule has 0 radical (unpaired) electrons. The van der Waals surface area contributed by atoms with Crippen LogP contribution in [-0.4, -0.2) is 25.6 Å². The van der Waals surface area contributed by atoms with Gasteiger partial charge >= 0.3 is 0 Å². The van der Waals surface area contributed by atoms with Crippen molar-refractivity contribution in [3.05, 3.63) is 29.3 Å². The van der Waals surface area contributed by atoms with E-state index in [-0.39, 0.29) is 12.5 Å². The van der Waals surface area contributed by atoms with Crippen molar-refractivity contribution < 1.29 is 9.53 Å². The van der Waals surface area contributed by atoms with Crippen molar-refractivity contribution in [3.63, 3.8) is 0 Å². The van der Waals surface area contributed by atoms with Crippen molar-refractivity contribution in [1.82, 2.24) is 5.32 Å². The lowest BCUT2D eigenvalue weighted by Crippen LogP contribution is -2.31. The van der Waals surface area contributed by atoms with E-state index in [1.165, 1.54) is 11.1 Å². The topological polar surface area (TPSA) is 64.3 Å². The SMILES string of the molecule is Cc1ccc(OCCCNC(=O)CN)cc1C. The van der Waals surface area contributed by atoms with Crippen LogP contribution in [0.5, 0.6) is 5.75 Å². The minimum Gasteiger partial charge on any atom is -0.494 e. The van der Waals surface area contributed by atoms with Crippen LogP contribution in [0, 0.1) is 13.8 Å². The average Bonchev–Trinajstić information content (AvgIpc) is 2.33. The molecule has 1 rings (SSSR count). The van der Waals surface area contributed by atoms with Gasteiger partial charge < -0.3 is 15.8 Å². The zero-order valence-corrected chi connectivity index (χ0v) is 10.5. The van der Waals surface area contributed by atoms with Gasteiger partial charge in [-0.1, -0.05) is 6.07 Å². The summed E-state index contributed by atoms with van der Waals surface area (Å²) in [6.45, 7) is 5.36. The van der Waals surface area contributed by atoms with Crippen LogP contribution in [0.25, 0.3) is 0 Å². The molecular formula is C13H20N2O2. The predicted octanol–water partition coefficient (Wildman–Crippen LogP) is 1.15. The minimum atomic E-state index is -0.129. The summed E-state index contributed by atoms with van der Waals surface area (Å²) in [6, 6.07) is 6.02. The Bertz CT molecular complexity index is 378. The summed E-state index contributed by atoms with van der Waals surface area (Å²) in [6.07, 6.45) is 0.776. The molecule has 0 aliphatic heterocycles. The molecule has 0 fully saturated rings. The Hall–Kier alpha value is -1.55. The lowest BCUT2D eigenvalue weighted by molar-refractivity contribution is -0.119. The molecule has 0 atom stereocenters. The summed E-state index contributed by atoms with van der Waals surface area (Å²) in [5, 5.41) is 2.70. The van der Waals surface area contributed by atoms with Gasteiger partial charge in [0.2, 0.25) is 5.91 Å². The molecular weight excluding hydrogens is 216 g/mol. The van der Waals surface area contributed by atoms with E-state index in [0.717, 1.165) is 12.2 Å². The maximum absolute atomic E-state index is 10.9. The number of nitrogens with two attached hydrogens (primary N) is 1. The second kappa shape index (κ2) is 6.91. The van der Waals surface area contributed by atoms with Gasteiger partial charge in [0.25, 0.3) is 0 Å². The standard InChI is InChI=1S/C13H20N2O2/c1-10-4-5-12(8-11(10)2)17-7-3-6-15-13(16)9-14/h4-5,8H,3,6-7,9,14H2,1-2H3,(H,15,16). The molecule has 0 aromatic heterocycles. The molecule has 94 valence electrons. The highest BCUT2D eigenvalue weighted by molar-refractivity contribution is 5.77. The molecule has 3 N–H and O–H groups in total. The number of carbonyl (C=O) groups is 1. The van der Waals surface area contributed by atoms with Crippen molar-refractivity contribution in [1.29, 1.82) is 0 Å². The summed E-state index contributed by atoms with van der Waals surface area (Å²) >= 11 is 0. The number of carbonyl (C=O) groups excluding carboxylic acids is 1. The molecule has 4 nitrogen and oxygen atoms in total. The number of ether oxygens (including phenoxy) is 1.